The van der Waals surface area contributed by atoms with Crippen molar-refractivity contribution in [3.8, 4) is 0 Å². The Balaban J connectivity index is 1.84. The first-order valence-corrected chi connectivity index (χ1v) is 8.16. The lowest BCUT2D eigenvalue weighted by molar-refractivity contribution is 0.381. The van der Waals surface area contributed by atoms with Crippen molar-refractivity contribution in [3.63, 3.8) is 0 Å². The molecule has 1 nitrogen and oxygen atoms in total. The van der Waals surface area contributed by atoms with Crippen LogP contribution in [0.15, 0.2) is 29.2 Å². The molecule has 0 fully saturated rings. The predicted molar refractivity (Wildman–Crippen MR) is 80.3 cm³/mol. The zero-order chi connectivity index (χ0) is 12.3. The van der Waals surface area contributed by atoms with Crippen LogP contribution in [-0.4, -0.2) is 22.7 Å². The summed E-state index contributed by atoms with van der Waals surface area (Å²) in [6.07, 6.45) is 2.37. The lowest BCUT2D eigenvalue weighted by Gasteiger charge is -2.27. The van der Waals surface area contributed by atoms with Crippen LogP contribution in [0.5, 0.6) is 0 Å². The van der Waals surface area contributed by atoms with E-state index in [1.165, 1.54) is 16.9 Å². The molecular formula is C14H20BrNS. The quantitative estimate of drug-likeness (QED) is 0.828. The van der Waals surface area contributed by atoms with Gasteiger partial charge in [0.25, 0.3) is 0 Å². The van der Waals surface area contributed by atoms with Crippen molar-refractivity contribution < 1.29 is 0 Å². The molecule has 1 atom stereocenters. The minimum absolute atomic E-state index is 0.235. The summed E-state index contributed by atoms with van der Waals surface area (Å²) in [7, 11) is 0. The third-order valence-corrected chi connectivity index (χ3v) is 4.96. The van der Waals surface area contributed by atoms with Gasteiger partial charge >= 0.3 is 0 Å². The molecule has 0 radical (unpaired) electrons. The molecule has 94 valence electrons. The maximum absolute atomic E-state index is 3.69. The van der Waals surface area contributed by atoms with Crippen LogP contribution in [-0.2, 0) is 6.42 Å². The van der Waals surface area contributed by atoms with Crippen LogP contribution in [0, 0.1) is 0 Å². The SMILES string of the molecule is CC(C)(CCBr)NCC1Cc2ccccc2S1. The second-order valence-electron chi connectivity index (χ2n) is 5.26. The second kappa shape index (κ2) is 5.77. The van der Waals surface area contributed by atoms with Crippen LogP contribution < -0.4 is 5.32 Å². The maximum atomic E-state index is 3.69. The van der Waals surface area contributed by atoms with Crippen LogP contribution in [0.4, 0.5) is 0 Å². The Kier molecular flexibility index (Phi) is 4.56. The van der Waals surface area contributed by atoms with Gasteiger partial charge in [-0.3, -0.25) is 0 Å². The van der Waals surface area contributed by atoms with E-state index in [2.05, 4.69) is 59.4 Å². The summed E-state index contributed by atoms with van der Waals surface area (Å²) in [5.41, 5.74) is 1.75. The summed E-state index contributed by atoms with van der Waals surface area (Å²) < 4.78 is 0. The molecule has 3 heteroatoms. The molecule has 2 rings (SSSR count). The molecule has 0 bridgehead atoms. The van der Waals surface area contributed by atoms with E-state index in [1.54, 1.807) is 0 Å². The Morgan fingerprint density at radius 1 is 1.41 bits per heavy atom. The lowest BCUT2D eigenvalue weighted by atomic mass is 10.0. The number of hydrogen-bond acceptors (Lipinski definition) is 2. The van der Waals surface area contributed by atoms with E-state index in [-0.39, 0.29) is 5.54 Å². The molecule has 0 amide bonds. The van der Waals surface area contributed by atoms with Crippen LogP contribution in [0.25, 0.3) is 0 Å². The topological polar surface area (TPSA) is 12.0 Å². The normalized spacial score (nSPS) is 19.4. The molecule has 1 heterocycles. The fraction of sp³-hybridized carbons (Fsp3) is 0.571. The molecule has 0 aromatic heterocycles. The fourth-order valence-electron chi connectivity index (χ4n) is 2.08. The molecule has 0 saturated carbocycles. The molecule has 0 aliphatic carbocycles. The number of hydrogen-bond donors (Lipinski definition) is 1. The molecular weight excluding hydrogens is 294 g/mol. The zero-order valence-corrected chi connectivity index (χ0v) is 12.9. The third-order valence-electron chi connectivity index (χ3n) is 3.24. The molecule has 1 unspecified atom stereocenters. The number of benzene rings is 1. The van der Waals surface area contributed by atoms with Crippen molar-refractivity contribution in [2.45, 2.75) is 42.4 Å². The molecule has 17 heavy (non-hydrogen) atoms. The van der Waals surface area contributed by atoms with Crippen molar-refractivity contribution in [2.24, 2.45) is 0 Å². The van der Waals surface area contributed by atoms with E-state index in [0.29, 0.717) is 5.25 Å². The summed E-state index contributed by atoms with van der Waals surface area (Å²) in [4.78, 5) is 1.47. The summed E-state index contributed by atoms with van der Waals surface area (Å²) in [6.45, 7) is 5.65. The number of rotatable bonds is 5. The molecule has 0 saturated heterocycles. The Hall–Kier alpha value is 0.01000. The highest BCUT2D eigenvalue weighted by atomic mass is 79.9. The summed E-state index contributed by atoms with van der Waals surface area (Å²) in [5.74, 6) is 0. The van der Waals surface area contributed by atoms with Crippen molar-refractivity contribution >= 4 is 27.7 Å². The Bertz CT molecular complexity index is 353. The number of fused-ring (bicyclic) bond motifs is 1. The molecule has 0 spiro atoms. The van der Waals surface area contributed by atoms with Crippen molar-refractivity contribution in [2.75, 3.05) is 11.9 Å². The minimum Gasteiger partial charge on any atom is -0.311 e. The Labute approximate surface area is 117 Å². The number of thioether (sulfide) groups is 1. The van der Waals surface area contributed by atoms with Crippen LogP contribution in [0.2, 0.25) is 0 Å². The van der Waals surface area contributed by atoms with E-state index in [0.717, 1.165) is 18.3 Å². The number of halogens is 1. The Morgan fingerprint density at radius 3 is 2.88 bits per heavy atom. The molecule has 1 N–H and O–H groups in total. The highest BCUT2D eigenvalue weighted by molar-refractivity contribution is 9.09. The van der Waals surface area contributed by atoms with E-state index in [9.17, 15) is 0 Å². The van der Waals surface area contributed by atoms with E-state index in [1.807, 2.05) is 11.8 Å². The van der Waals surface area contributed by atoms with E-state index in [4.69, 9.17) is 0 Å². The van der Waals surface area contributed by atoms with Gasteiger partial charge in [-0.1, -0.05) is 34.1 Å². The second-order valence-corrected chi connectivity index (χ2v) is 7.39. The van der Waals surface area contributed by atoms with Crippen molar-refractivity contribution in [1.82, 2.24) is 5.32 Å². The first-order valence-electron chi connectivity index (χ1n) is 6.16. The monoisotopic (exact) mass is 313 g/mol. The lowest BCUT2D eigenvalue weighted by Crippen LogP contribution is -2.43. The third kappa shape index (κ3) is 3.73. The van der Waals surface area contributed by atoms with Gasteiger partial charge in [0.1, 0.15) is 0 Å². The minimum atomic E-state index is 0.235. The predicted octanol–water partition coefficient (Wildman–Crippen LogP) is 3.86. The van der Waals surface area contributed by atoms with E-state index < -0.39 is 0 Å². The van der Waals surface area contributed by atoms with Gasteiger partial charge in [-0.25, -0.2) is 0 Å². The smallest absolute Gasteiger partial charge is 0.0260 e. The number of alkyl halides is 1. The maximum Gasteiger partial charge on any atom is 0.0260 e. The van der Waals surface area contributed by atoms with Gasteiger partial charge in [0.15, 0.2) is 0 Å². The van der Waals surface area contributed by atoms with Gasteiger partial charge in [-0.05, 0) is 38.3 Å². The van der Waals surface area contributed by atoms with Gasteiger partial charge in [-0.15, -0.1) is 11.8 Å². The fourth-order valence-corrected chi connectivity index (χ4v) is 4.32. The van der Waals surface area contributed by atoms with Gasteiger partial charge in [0.05, 0.1) is 0 Å². The first-order chi connectivity index (χ1) is 8.11. The largest absolute Gasteiger partial charge is 0.311 e. The molecule has 1 aromatic carbocycles. The first kappa shape index (κ1) is 13.4. The van der Waals surface area contributed by atoms with Crippen LogP contribution >= 0.6 is 27.7 Å². The highest BCUT2D eigenvalue weighted by Crippen LogP contribution is 2.36. The standard InChI is InChI=1S/C14H20BrNS/c1-14(2,7-8-15)16-10-12-9-11-5-3-4-6-13(11)17-12/h3-6,12,16H,7-10H2,1-2H3. The summed E-state index contributed by atoms with van der Waals surface area (Å²) >= 11 is 5.54. The average molecular weight is 314 g/mol. The zero-order valence-electron chi connectivity index (χ0n) is 10.5. The van der Waals surface area contributed by atoms with E-state index >= 15 is 0 Å². The van der Waals surface area contributed by atoms with Gasteiger partial charge in [0.2, 0.25) is 0 Å². The van der Waals surface area contributed by atoms with Crippen molar-refractivity contribution in [3.05, 3.63) is 29.8 Å². The van der Waals surface area contributed by atoms with Crippen LogP contribution in [0.3, 0.4) is 0 Å². The van der Waals surface area contributed by atoms with Gasteiger partial charge in [-0.2, -0.15) is 0 Å². The van der Waals surface area contributed by atoms with Gasteiger partial charge < -0.3 is 5.32 Å². The molecule has 1 aliphatic heterocycles. The summed E-state index contributed by atoms with van der Waals surface area (Å²) in [5, 5.41) is 5.44. The summed E-state index contributed by atoms with van der Waals surface area (Å²) in [6, 6.07) is 8.77. The van der Waals surface area contributed by atoms with Crippen molar-refractivity contribution in [1.29, 1.82) is 0 Å². The highest BCUT2D eigenvalue weighted by Gasteiger charge is 2.24. The average Bonchev–Trinajstić information content (AvgIpc) is 2.69. The Morgan fingerprint density at radius 2 is 2.18 bits per heavy atom. The van der Waals surface area contributed by atoms with Crippen LogP contribution in [0.1, 0.15) is 25.8 Å². The molecule has 1 aliphatic rings. The molecule has 1 aromatic rings. The van der Waals surface area contributed by atoms with Gasteiger partial charge in [0, 0.05) is 27.6 Å². The number of nitrogens with one attached hydrogen (secondary N) is 1.